The summed E-state index contributed by atoms with van der Waals surface area (Å²) in [5.41, 5.74) is 1.27. The average Bonchev–Trinajstić information content (AvgIpc) is 2.71. The van der Waals surface area contributed by atoms with Crippen molar-refractivity contribution in [2.75, 3.05) is 11.9 Å². The normalized spacial score (nSPS) is 9.88. The molecule has 0 saturated carbocycles. The van der Waals surface area contributed by atoms with Gasteiger partial charge in [-0.1, -0.05) is 53.3 Å². The van der Waals surface area contributed by atoms with Crippen LogP contribution in [0.2, 0.25) is 5.15 Å². The summed E-state index contributed by atoms with van der Waals surface area (Å²) in [5.74, 6) is 0. The lowest BCUT2D eigenvalue weighted by molar-refractivity contribution is 1.02. The standard InChI is InChI=1S/C12H10ClN3S/c13-11-10(8-14)17-12(16-11)15-7-6-9-4-2-1-3-5-9/h1-5H,6-7H2,(H,15,16). The third kappa shape index (κ3) is 3.19. The highest BCUT2D eigenvalue weighted by molar-refractivity contribution is 7.16. The SMILES string of the molecule is N#Cc1sc(NCCc2ccccc2)nc1Cl. The van der Waals surface area contributed by atoms with Crippen LogP contribution in [0.5, 0.6) is 0 Å². The van der Waals surface area contributed by atoms with Crippen LogP contribution in [-0.4, -0.2) is 11.5 Å². The Morgan fingerprint density at radius 2 is 2.12 bits per heavy atom. The van der Waals surface area contributed by atoms with Crippen LogP contribution >= 0.6 is 22.9 Å². The first-order chi connectivity index (χ1) is 8.29. The number of nitriles is 1. The second-order valence-electron chi connectivity index (χ2n) is 3.41. The summed E-state index contributed by atoms with van der Waals surface area (Å²) >= 11 is 7.06. The van der Waals surface area contributed by atoms with Crippen molar-refractivity contribution in [1.29, 1.82) is 5.26 Å². The van der Waals surface area contributed by atoms with Crippen LogP contribution in [0.1, 0.15) is 10.4 Å². The molecule has 0 aliphatic carbocycles. The maximum atomic E-state index is 8.74. The van der Waals surface area contributed by atoms with Crippen molar-refractivity contribution >= 4 is 28.1 Å². The Kier molecular flexibility index (Phi) is 3.97. The zero-order valence-electron chi connectivity index (χ0n) is 8.98. The van der Waals surface area contributed by atoms with Crippen molar-refractivity contribution in [3.63, 3.8) is 0 Å². The molecule has 0 saturated heterocycles. The predicted octanol–water partition coefficient (Wildman–Crippen LogP) is 3.32. The van der Waals surface area contributed by atoms with Gasteiger partial charge in [0.1, 0.15) is 10.9 Å². The van der Waals surface area contributed by atoms with Crippen LogP contribution in [0.3, 0.4) is 0 Å². The van der Waals surface area contributed by atoms with Crippen LogP contribution in [0.25, 0.3) is 0 Å². The summed E-state index contributed by atoms with van der Waals surface area (Å²) in [4.78, 5) is 4.52. The van der Waals surface area contributed by atoms with E-state index in [4.69, 9.17) is 16.9 Å². The molecule has 17 heavy (non-hydrogen) atoms. The average molecular weight is 264 g/mol. The van der Waals surface area contributed by atoms with Gasteiger partial charge in [-0.15, -0.1) is 0 Å². The van der Waals surface area contributed by atoms with Crippen molar-refractivity contribution in [3.8, 4) is 6.07 Å². The zero-order chi connectivity index (χ0) is 12.1. The number of thiazole rings is 1. The fourth-order valence-electron chi connectivity index (χ4n) is 1.40. The molecule has 0 aliphatic rings. The summed E-state index contributed by atoms with van der Waals surface area (Å²) < 4.78 is 0. The highest BCUT2D eigenvalue weighted by Crippen LogP contribution is 2.25. The molecule has 0 unspecified atom stereocenters. The Morgan fingerprint density at radius 1 is 1.35 bits per heavy atom. The molecule has 1 aromatic carbocycles. The minimum Gasteiger partial charge on any atom is -0.361 e. The van der Waals surface area contributed by atoms with E-state index in [0.29, 0.717) is 10.0 Å². The molecule has 0 radical (unpaired) electrons. The van der Waals surface area contributed by atoms with Crippen molar-refractivity contribution in [2.45, 2.75) is 6.42 Å². The highest BCUT2D eigenvalue weighted by atomic mass is 35.5. The van der Waals surface area contributed by atoms with Crippen LogP contribution < -0.4 is 5.32 Å². The molecule has 0 bridgehead atoms. The number of hydrogen-bond acceptors (Lipinski definition) is 4. The maximum Gasteiger partial charge on any atom is 0.185 e. The van der Waals surface area contributed by atoms with Gasteiger partial charge in [-0.05, 0) is 12.0 Å². The summed E-state index contributed by atoms with van der Waals surface area (Å²) in [7, 11) is 0. The van der Waals surface area contributed by atoms with E-state index in [2.05, 4.69) is 22.4 Å². The topological polar surface area (TPSA) is 48.7 Å². The maximum absolute atomic E-state index is 8.74. The summed E-state index contributed by atoms with van der Waals surface area (Å²) in [5, 5.41) is 12.9. The van der Waals surface area contributed by atoms with Gasteiger partial charge in [-0.25, -0.2) is 4.98 Å². The largest absolute Gasteiger partial charge is 0.361 e. The van der Waals surface area contributed by atoms with E-state index < -0.39 is 0 Å². The quantitative estimate of drug-likeness (QED) is 0.921. The fraction of sp³-hybridized carbons (Fsp3) is 0.167. The summed E-state index contributed by atoms with van der Waals surface area (Å²) in [6, 6.07) is 12.2. The van der Waals surface area contributed by atoms with Gasteiger partial charge in [-0.2, -0.15) is 5.26 Å². The Hall–Kier alpha value is -1.57. The first kappa shape index (κ1) is 11.9. The van der Waals surface area contributed by atoms with Gasteiger partial charge >= 0.3 is 0 Å². The van der Waals surface area contributed by atoms with Gasteiger partial charge in [0.15, 0.2) is 10.3 Å². The Morgan fingerprint density at radius 3 is 2.76 bits per heavy atom. The zero-order valence-corrected chi connectivity index (χ0v) is 10.6. The van der Waals surface area contributed by atoms with Gasteiger partial charge in [-0.3, -0.25) is 0 Å². The highest BCUT2D eigenvalue weighted by Gasteiger charge is 2.07. The van der Waals surface area contributed by atoms with Gasteiger partial charge in [0.2, 0.25) is 0 Å². The van der Waals surface area contributed by atoms with Crippen molar-refractivity contribution < 1.29 is 0 Å². The lowest BCUT2D eigenvalue weighted by Gasteiger charge is -2.02. The van der Waals surface area contributed by atoms with E-state index in [1.54, 1.807) is 0 Å². The number of benzene rings is 1. The van der Waals surface area contributed by atoms with E-state index in [1.165, 1.54) is 16.9 Å². The number of rotatable bonds is 4. The molecule has 1 N–H and O–H groups in total. The van der Waals surface area contributed by atoms with Gasteiger partial charge < -0.3 is 5.32 Å². The van der Waals surface area contributed by atoms with E-state index in [1.807, 2.05) is 24.3 Å². The lowest BCUT2D eigenvalue weighted by Crippen LogP contribution is -2.04. The van der Waals surface area contributed by atoms with E-state index >= 15 is 0 Å². The molecule has 0 atom stereocenters. The molecule has 2 rings (SSSR count). The number of nitrogens with one attached hydrogen (secondary N) is 1. The molecule has 1 aromatic heterocycles. The lowest BCUT2D eigenvalue weighted by atomic mass is 10.2. The third-order valence-corrected chi connectivity index (χ3v) is 3.52. The molecule has 0 aliphatic heterocycles. The van der Waals surface area contributed by atoms with Gasteiger partial charge in [0.25, 0.3) is 0 Å². The van der Waals surface area contributed by atoms with E-state index in [-0.39, 0.29) is 5.15 Å². The molecular weight excluding hydrogens is 254 g/mol. The number of hydrogen-bond donors (Lipinski definition) is 1. The second-order valence-corrected chi connectivity index (χ2v) is 4.77. The van der Waals surface area contributed by atoms with Gasteiger partial charge in [0.05, 0.1) is 0 Å². The van der Waals surface area contributed by atoms with Crippen LogP contribution in [-0.2, 0) is 6.42 Å². The smallest absolute Gasteiger partial charge is 0.185 e. The molecule has 1 heterocycles. The van der Waals surface area contributed by atoms with Crippen molar-refractivity contribution in [1.82, 2.24) is 4.98 Å². The monoisotopic (exact) mass is 263 g/mol. The summed E-state index contributed by atoms with van der Waals surface area (Å²) in [6.45, 7) is 0.777. The first-order valence-corrected chi connectivity index (χ1v) is 6.33. The summed E-state index contributed by atoms with van der Waals surface area (Å²) in [6.07, 6.45) is 0.917. The Labute approximate surface area is 109 Å². The van der Waals surface area contributed by atoms with Crippen molar-refractivity contribution in [2.24, 2.45) is 0 Å². The van der Waals surface area contributed by atoms with Crippen molar-refractivity contribution in [3.05, 3.63) is 45.9 Å². The number of aromatic nitrogens is 1. The van der Waals surface area contributed by atoms with Crippen LogP contribution in [0.4, 0.5) is 5.13 Å². The van der Waals surface area contributed by atoms with E-state index in [0.717, 1.165) is 13.0 Å². The molecule has 2 aromatic rings. The Balaban J connectivity index is 1.88. The van der Waals surface area contributed by atoms with Crippen LogP contribution in [0, 0.1) is 11.3 Å². The molecule has 0 fully saturated rings. The van der Waals surface area contributed by atoms with E-state index in [9.17, 15) is 0 Å². The molecule has 0 spiro atoms. The number of halogens is 1. The number of anilines is 1. The Bertz CT molecular complexity index is 530. The molecule has 86 valence electrons. The van der Waals surface area contributed by atoms with Gasteiger partial charge in [0, 0.05) is 6.54 Å². The number of nitrogens with zero attached hydrogens (tertiary/aromatic N) is 2. The van der Waals surface area contributed by atoms with Crippen LogP contribution in [0.15, 0.2) is 30.3 Å². The molecule has 0 amide bonds. The fourth-order valence-corrected chi connectivity index (χ4v) is 2.38. The molecular formula is C12H10ClN3S. The molecule has 5 heteroatoms. The minimum atomic E-state index is 0.278. The molecule has 3 nitrogen and oxygen atoms in total. The predicted molar refractivity (Wildman–Crippen MR) is 70.5 cm³/mol. The minimum absolute atomic E-state index is 0.278. The third-order valence-electron chi connectivity index (χ3n) is 2.22. The second kappa shape index (κ2) is 5.67. The first-order valence-electron chi connectivity index (χ1n) is 5.14.